The summed E-state index contributed by atoms with van der Waals surface area (Å²) in [5.41, 5.74) is 1.14. The predicted molar refractivity (Wildman–Crippen MR) is 101 cm³/mol. The highest BCUT2D eigenvalue weighted by Gasteiger charge is 2.25. The van der Waals surface area contributed by atoms with E-state index in [1.807, 2.05) is 30.0 Å². The van der Waals surface area contributed by atoms with Crippen molar-refractivity contribution >= 4 is 11.6 Å². The molecule has 2 heterocycles. The maximum absolute atomic E-state index is 12.6. The standard InChI is InChI=1S/C20H31N3O2/c1-3-25-19-7-5-4-6-18(19)22-12-14-23(15-13-22)20(24)16-21-10-8-17(2)9-11-21/h4-7,17H,3,8-16H2,1-2H3. The molecule has 1 aromatic carbocycles. The Kier molecular flexibility index (Phi) is 6.19. The molecule has 3 rings (SSSR count). The Morgan fingerprint density at radius 3 is 2.44 bits per heavy atom. The lowest BCUT2D eigenvalue weighted by molar-refractivity contribution is -0.133. The van der Waals surface area contributed by atoms with Crippen LogP contribution in [0.1, 0.15) is 26.7 Å². The van der Waals surface area contributed by atoms with E-state index in [0.717, 1.165) is 56.6 Å². The number of piperidine rings is 1. The molecule has 138 valence electrons. The highest BCUT2D eigenvalue weighted by molar-refractivity contribution is 5.78. The number of para-hydroxylation sites is 2. The van der Waals surface area contributed by atoms with Crippen LogP contribution in [0.5, 0.6) is 5.75 Å². The molecule has 2 aliphatic rings. The van der Waals surface area contributed by atoms with Crippen molar-refractivity contribution in [2.24, 2.45) is 5.92 Å². The third-order valence-corrected chi connectivity index (χ3v) is 5.37. The van der Waals surface area contributed by atoms with Gasteiger partial charge in [-0.25, -0.2) is 0 Å². The van der Waals surface area contributed by atoms with Crippen molar-refractivity contribution in [2.75, 3.05) is 57.3 Å². The first-order chi connectivity index (χ1) is 12.2. The molecule has 0 spiro atoms. The lowest BCUT2D eigenvalue weighted by atomic mass is 9.99. The monoisotopic (exact) mass is 345 g/mol. The molecule has 25 heavy (non-hydrogen) atoms. The SMILES string of the molecule is CCOc1ccccc1N1CCN(C(=O)CN2CCC(C)CC2)CC1. The van der Waals surface area contributed by atoms with Crippen molar-refractivity contribution in [2.45, 2.75) is 26.7 Å². The number of hydrogen-bond donors (Lipinski definition) is 0. The normalized spacial score (nSPS) is 19.9. The number of piperazine rings is 1. The molecule has 1 amide bonds. The molecule has 2 aliphatic heterocycles. The van der Waals surface area contributed by atoms with Crippen molar-refractivity contribution in [3.63, 3.8) is 0 Å². The van der Waals surface area contributed by atoms with Gasteiger partial charge in [0, 0.05) is 26.2 Å². The molecule has 0 bridgehead atoms. The summed E-state index contributed by atoms with van der Waals surface area (Å²) in [5, 5.41) is 0. The van der Waals surface area contributed by atoms with Crippen LogP contribution >= 0.6 is 0 Å². The summed E-state index contributed by atoms with van der Waals surface area (Å²) in [6.07, 6.45) is 2.44. The molecule has 1 aromatic rings. The Bertz CT molecular complexity index is 562. The van der Waals surface area contributed by atoms with Crippen LogP contribution in [0.15, 0.2) is 24.3 Å². The number of anilines is 1. The number of carbonyl (C=O) groups excluding carboxylic acids is 1. The van der Waals surface area contributed by atoms with E-state index in [4.69, 9.17) is 4.74 Å². The van der Waals surface area contributed by atoms with Crippen LogP contribution < -0.4 is 9.64 Å². The van der Waals surface area contributed by atoms with Crippen molar-refractivity contribution in [3.8, 4) is 5.75 Å². The van der Waals surface area contributed by atoms with Crippen molar-refractivity contribution in [1.82, 2.24) is 9.80 Å². The van der Waals surface area contributed by atoms with Crippen molar-refractivity contribution in [3.05, 3.63) is 24.3 Å². The van der Waals surface area contributed by atoms with Gasteiger partial charge in [-0.3, -0.25) is 9.69 Å². The van der Waals surface area contributed by atoms with Gasteiger partial charge >= 0.3 is 0 Å². The third-order valence-electron chi connectivity index (χ3n) is 5.37. The van der Waals surface area contributed by atoms with E-state index in [2.05, 4.69) is 22.8 Å². The molecular formula is C20H31N3O2. The van der Waals surface area contributed by atoms with Gasteiger partial charge in [-0.1, -0.05) is 19.1 Å². The minimum atomic E-state index is 0.285. The lowest BCUT2D eigenvalue weighted by Gasteiger charge is -2.38. The first kappa shape index (κ1) is 18.1. The van der Waals surface area contributed by atoms with Crippen molar-refractivity contribution < 1.29 is 9.53 Å². The number of hydrogen-bond acceptors (Lipinski definition) is 4. The van der Waals surface area contributed by atoms with Crippen LogP contribution in [0.4, 0.5) is 5.69 Å². The summed E-state index contributed by atoms with van der Waals surface area (Å²) >= 11 is 0. The average molecular weight is 345 g/mol. The molecule has 0 unspecified atom stereocenters. The largest absolute Gasteiger partial charge is 0.492 e. The van der Waals surface area contributed by atoms with Gasteiger partial charge in [0.25, 0.3) is 0 Å². The minimum absolute atomic E-state index is 0.285. The van der Waals surface area contributed by atoms with Crippen LogP contribution in [-0.4, -0.2) is 68.1 Å². The molecule has 2 fully saturated rings. The number of likely N-dealkylation sites (tertiary alicyclic amines) is 1. The van der Waals surface area contributed by atoms with E-state index in [1.54, 1.807) is 0 Å². The molecule has 0 aromatic heterocycles. The highest BCUT2D eigenvalue weighted by Crippen LogP contribution is 2.28. The second-order valence-electron chi connectivity index (χ2n) is 7.23. The first-order valence-electron chi connectivity index (χ1n) is 9.64. The number of rotatable bonds is 5. The fraction of sp³-hybridized carbons (Fsp3) is 0.650. The first-order valence-corrected chi connectivity index (χ1v) is 9.64. The van der Waals surface area contributed by atoms with Gasteiger partial charge in [0.2, 0.25) is 5.91 Å². The molecule has 0 radical (unpaired) electrons. The number of ether oxygens (including phenoxy) is 1. The van der Waals surface area contributed by atoms with Gasteiger partial charge in [0.15, 0.2) is 0 Å². The Morgan fingerprint density at radius 2 is 1.76 bits per heavy atom. The zero-order chi connectivity index (χ0) is 17.6. The van der Waals surface area contributed by atoms with Crippen LogP contribution in [0.25, 0.3) is 0 Å². The number of benzene rings is 1. The van der Waals surface area contributed by atoms with Gasteiger partial charge in [0.05, 0.1) is 18.8 Å². The Morgan fingerprint density at radius 1 is 1.08 bits per heavy atom. The second-order valence-corrected chi connectivity index (χ2v) is 7.23. The molecule has 5 nitrogen and oxygen atoms in total. The highest BCUT2D eigenvalue weighted by atomic mass is 16.5. The molecule has 2 saturated heterocycles. The minimum Gasteiger partial charge on any atom is -0.492 e. The summed E-state index contributed by atoms with van der Waals surface area (Å²) in [4.78, 5) is 19.3. The summed E-state index contributed by atoms with van der Waals surface area (Å²) in [6, 6.07) is 8.19. The van der Waals surface area contributed by atoms with Crippen LogP contribution in [0, 0.1) is 5.92 Å². The predicted octanol–water partition coefficient (Wildman–Crippen LogP) is 2.47. The van der Waals surface area contributed by atoms with E-state index in [9.17, 15) is 4.79 Å². The van der Waals surface area contributed by atoms with Crippen LogP contribution in [0.3, 0.4) is 0 Å². The number of amides is 1. The van der Waals surface area contributed by atoms with E-state index < -0.39 is 0 Å². The maximum Gasteiger partial charge on any atom is 0.236 e. The third kappa shape index (κ3) is 4.66. The quantitative estimate of drug-likeness (QED) is 0.821. The summed E-state index contributed by atoms with van der Waals surface area (Å²) in [5.74, 6) is 2.03. The summed E-state index contributed by atoms with van der Waals surface area (Å²) in [6.45, 7) is 11.0. The van der Waals surface area contributed by atoms with E-state index in [1.165, 1.54) is 12.8 Å². The molecule has 0 atom stereocenters. The van der Waals surface area contributed by atoms with Gasteiger partial charge in [-0.15, -0.1) is 0 Å². The summed E-state index contributed by atoms with van der Waals surface area (Å²) in [7, 11) is 0. The van der Waals surface area contributed by atoms with Crippen LogP contribution in [-0.2, 0) is 4.79 Å². The Hall–Kier alpha value is -1.75. The van der Waals surface area contributed by atoms with E-state index >= 15 is 0 Å². The molecule has 0 aliphatic carbocycles. The fourth-order valence-corrected chi connectivity index (χ4v) is 3.70. The van der Waals surface area contributed by atoms with Gasteiger partial charge in [0.1, 0.15) is 5.75 Å². The zero-order valence-electron chi connectivity index (χ0n) is 15.6. The van der Waals surface area contributed by atoms with Crippen LogP contribution in [0.2, 0.25) is 0 Å². The van der Waals surface area contributed by atoms with Crippen molar-refractivity contribution in [1.29, 1.82) is 0 Å². The molecular weight excluding hydrogens is 314 g/mol. The Labute approximate surface area is 151 Å². The van der Waals surface area contributed by atoms with Gasteiger partial charge in [-0.2, -0.15) is 0 Å². The van der Waals surface area contributed by atoms with E-state index in [0.29, 0.717) is 13.2 Å². The summed E-state index contributed by atoms with van der Waals surface area (Å²) < 4.78 is 5.74. The number of carbonyl (C=O) groups is 1. The molecule has 0 saturated carbocycles. The molecule has 0 N–H and O–H groups in total. The second kappa shape index (κ2) is 8.56. The van der Waals surface area contributed by atoms with Gasteiger partial charge in [-0.05, 0) is 50.9 Å². The number of nitrogens with zero attached hydrogens (tertiary/aromatic N) is 3. The van der Waals surface area contributed by atoms with E-state index in [-0.39, 0.29) is 5.91 Å². The fourth-order valence-electron chi connectivity index (χ4n) is 3.70. The zero-order valence-corrected chi connectivity index (χ0v) is 15.6. The van der Waals surface area contributed by atoms with Gasteiger partial charge < -0.3 is 14.5 Å². The maximum atomic E-state index is 12.6. The smallest absolute Gasteiger partial charge is 0.236 e. The molecule has 5 heteroatoms. The average Bonchev–Trinajstić information content (AvgIpc) is 2.64. The topological polar surface area (TPSA) is 36.0 Å². The lowest BCUT2D eigenvalue weighted by Crippen LogP contribution is -2.52. The Balaban J connectivity index is 1.51.